The molecule has 23 heavy (non-hydrogen) atoms. The highest BCUT2D eigenvalue weighted by Crippen LogP contribution is 2.40. The topological polar surface area (TPSA) is 66.6 Å². The third-order valence-electron chi connectivity index (χ3n) is 4.53. The van der Waals surface area contributed by atoms with Crippen LogP contribution >= 0.6 is 0 Å². The molecule has 5 nitrogen and oxygen atoms in total. The first-order chi connectivity index (χ1) is 11.1. The lowest BCUT2D eigenvalue weighted by Crippen LogP contribution is -2.31. The van der Waals surface area contributed by atoms with E-state index in [1.807, 2.05) is 0 Å². The number of aliphatic hydroxyl groups excluding tert-OH is 1. The summed E-state index contributed by atoms with van der Waals surface area (Å²) < 4.78 is 18.3. The van der Waals surface area contributed by atoms with Crippen LogP contribution in [0.25, 0.3) is 0 Å². The molecule has 1 N–H and O–H groups in total. The Bertz CT molecular complexity index is 724. The molecule has 1 aliphatic heterocycles. The molecule has 6 heteroatoms. The van der Waals surface area contributed by atoms with Crippen molar-refractivity contribution in [2.75, 3.05) is 6.54 Å². The summed E-state index contributed by atoms with van der Waals surface area (Å²) in [5, 5.41) is 13.9. The highest BCUT2D eigenvalue weighted by molar-refractivity contribution is 5.92. The molecule has 2 atom stereocenters. The average molecular weight is 316 g/mol. The number of amides is 1. The normalized spacial score (nSPS) is 24.2. The van der Waals surface area contributed by atoms with E-state index in [1.165, 1.54) is 12.1 Å². The third kappa shape index (κ3) is 2.74. The highest BCUT2D eigenvalue weighted by atomic mass is 19.1. The Morgan fingerprint density at radius 2 is 2.04 bits per heavy atom. The third-order valence-corrected chi connectivity index (χ3v) is 4.53. The summed E-state index contributed by atoms with van der Waals surface area (Å²) in [6.45, 7) is 0.236. The lowest BCUT2D eigenvalue weighted by molar-refractivity contribution is 0.0674. The standard InChI is InChI=1S/C17H17FN2O3/c18-12-5-3-11(4-6-12)15-7-13(21)9-20(15)17(22)16-8-14(19-23-16)10-1-2-10/h3-6,8,10,13,15,21H,1-2,7,9H2/t13-,15-/m1/s1. The van der Waals surface area contributed by atoms with Gasteiger partial charge in [-0.1, -0.05) is 17.3 Å². The van der Waals surface area contributed by atoms with Crippen molar-refractivity contribution in [2.45, 2.75) is 37.3 Å². The second kappa shape index (κ2) is 5.45. The van der Waals surface area contributed by atoms with Gasteiger partial charge in [-0.15, -0.1) is 0 Å². The van der Waals surface area contributed by atoms with Crippen LogP contribution in [0.3, 0.4) is 0 Å². The Morgan fingerprint density at radius 1 is 1.30 bits per heavy atom. The van der Waals surface area contributed by atoms with Gasteiger partial charge in [-0.3, -0.25) is 4.79 Å². The van der Waals surface area contributed by atoms with Gasteiger partial charge in [-0.2, -0.15) is 0 Å². The first-order valence-corrected chi connectivity index (χ1v) is 7.83. The molecular weight excluding hydrogens is 299 g/mol. The Labute approximate surface area is 132 Å². The number of benzene rings is 1. The summed E-state index contributed by atoms with van der Waals surface area (Å²) in [6, 6.07) is 7.44. The van der Waals surface area contributed by atoms with E-state index in [0.29, 0.717) is 12.3 Å². The van der Waals surface area contributed by atoms with Crippen molar-refractivity contribution in [3.8, 4) is 0 Å². The van der Waals surface area contributed by atoms with E-state index >= 15 is 0 Å². The summed E-state index contributed by atoms with van der Waals surface area (Å²) >= 11 is 0. The average Bonchev–Trinajstić information content (AvgIpc) is 3.14. The van der Waals surface area contributed by atoms with Crippen molar-refractivity contribution in [3.05, 3.63) is 53.2 Å². The number of carbonyl (C=O) groups is 1. The number of aliphatic hydroxyl groups is 1. The molecule has 120 valence electrons. The van der Waals surface area contributed by atoms with Crippen molar-refractivity contribution in [3.63, 3.8) is 0 Å². The van der Waals surface area contributed by atoms with Gasteiger partial charge in [0.1, 0.15) is 5.82 Å². The maximum Gasteiger partial charge on any atom is 0.293 e. The van der Waals surface area contributed by atoms with Gasteiger partial charge in [0.05, 0.1) is 17.8 Å². The number of carbonyl (C=O) groups excluding carboxylic acids is 1. The summed E-state index contributed by atoms with van der Waals surface area (Å²) in [5.74, 6) is 0.00947. The summed E-state index contributed by atoms with van der Waals surface area (Å²) in [7, 11) is 0. The SMILES string of the molecule is O=C(c1cc(C2CC2)no1)N1C[C@H](O)C[C@@H]1c1ccc(F)cc1. The fourth-order valence-corrected chi connectivity index (χ4v) is 3.14. The smallest absolute Gasteiger partial charge is 0.293 e. The van der Waals surface area contributed by atoms with Crippen LogP contribution in [0.5, 0.6) is 0 Å². The number of hydrogen-bond acceptors (Lipinski definition) is 4. The first kappa shape index (κ1) is 14.4. The van der Waals surface area contributed by atoms with Crippen molar-refractivity contribution < 1.29 is 18.8 Å². The Hall–Kier alpha value is -2.21. The van der Waals surface area contributed by atoms with Crippen molar-refractivity contribution in [1.29, 1.82) is 0 Å². The Morgan fingerprint density at radius 3 is 2.74 bits per heavy atom. The van der Waals surface area contributed by atoms with Crippen molar-refractivity contribution in [2.24, 2.45) is 0 Å². The van der Waals surface area contributed by atoms with Crippen LogP contribution in [-0.4, -0.2) is 33.7 Å². The molecule has 1 saturated heterocycles. The summed E-state index contributed by atoms with van der Waals surface area (Å²) in [4.78, 5) is 14.3. The summed E-state index contributed by atoms with van der Waals surface area (Å²) in [5.41, 5.74) is 1.63. The van der Waals surface area contributed by atoms with Crippen LogP contribution < -0.4 is 0 Å². The maximum absolute atomic E-state index is 13.1. The van der Waals surface area contributed by atoms with Crippen LogP contribution in [0.2, 0.25) is 0 Å². The fourth-order valence-electron chi connectivity index (χ4n) is 3.14. The van der Waals surface area contributed by atoms with E-state index in [2.05, 4.69) is 5.16 Å². The lowest BCUT2D eigenvalue weighted by Gasteiger charge is -2.23. The van der Waals surface area contributed by atoms with Crippen LogP contribution in [0.4, 0.5) is 4.39 Å². The molecule has 0 unspecified atom stereocenters. The van der Waals surface area contributed by atoms with E-state index in [4.69, 9.17) is 4.52 Å². The van der Waals surface area contributed by atoms with E-state index in [-0.39, 0.29) is 30.1 Å². The molecule has 2 aliphatic rings. The zero-order chi connectivity index (χ0) is 16.0. The van der Waals surface area contributed by atoms with Crippen LogP contribution in [0.1, 0.15) is 53.0 Å². The molecule has 0 bridgehead atoms. The molecule has 0 radical (unpaired) electrons. The van der Waals surface area contributed by atoms with Gasteiger partial charge in [-0.25, -0.2) is 4.39 Å². The number of halogens is 1. The van der Waals surface area contributed by atoms with E-state index < -0.39 is 6.10 Å². The van der Waals surface area contributed by atoms with Gasteiger partial charge in [0.25, 0.3) is 5.91 Å². The minimum absolute atomic E-state index is 0.202. The van der Waals surface area contributed by atoms with Crippen molar-refractivity contribution in [1.82, 2.24) is 10.1 Å². The van der Waals surface area contributed by atoms with Gasteiger partial charge in [-0.05, 0) is 37.0 Å². The predicted octanol–water partition coefficient (Wildman–Crippen LogP) is 2.64. The van der Waals surface area contributed by atoms with E-state index in [0.717, 1.165) is 24.1 Å². The molecule has 2 aromatic rings. The Balaban J connectivity index is 1.59. The molecule has 1 aromatic carbocycles. The molecule has 1 saturated carbocycles. The second-order valence-corrected chi connectivity index (χ2v) is 6.30. The van der Waals surface area contributed by atoms with Gasteiger partial charge in [0.2, 0.25) is 5.76 Å². The minimum atomic E-state index is -0.597. The molecule has 0 spiro atoms. The van der Waals surface area contributed by atoms with Gasteiger partial charge >= 0.3 is 0 Å². The van der Waals surface area contributed by atoms with Crippen molar-refractivity contribution >= 4 is 5.91 Å². The number of nitrogens with zero attached hydrogens (tertiary/aromatic N) is 2. The number of aromatic nitrogens is 1. The molecule has 4 rings (SSSR count). The number of rotatable bonds is 3. The zero-order valence-electron chi connectivity index (χ0n) is 12.5. The monoisotopic (exact) mass is 316 g/mol. The molecule has 1 aromatic heterocycles. The molecule has 1 aliphatic carbocycles. The first-order valence-electron chi connectivity index (χ1n) is 7.83. The molecule has 1 amide bonds. The van der Waals surface area contributed by atoms with Crippen LogP contribution in [-0.2, 0) is 0 Å². The van der Waals surface area contributed by atoms with Gasteiger partial charge in [0, 0.05) is 18.5 Å². The summed E-state index contributed by atoms with van der Waals surface area (Å²) in [6.07, 6.45) is 2.00. The van der Waals surface area contributed by atoms with Crippen LogP contribution in [0, 0.1) is 5.82 Å². The number of likely N-dealkylation sites (tertiary alicyclic amines) is 1. The molecule has 2 fully saturated rings. The second-order valence-electron chi connectivity index (χ2n) is 6.30. The quantitative estimate of drug-likeness (QED) is 0.945. The molecular formula is C17H17FN2O3. The lowest BCUT2D eigenvalue weighted by atomic mass is 10.0. The number of β-amino-alcohol motifs (C(OH)–C–C–N with tert-alkyl or cyclic N) is 1. The van der Waals surface area contributed by atoms with Gasteiger partial charge < -0.3 is 14.5 Å². The van der Waals surface area contributed by atoms with Crippen LogP contribution in [0.15, 0.2) is 34.9 Å². The van der Waals surface area contributed by atoms with Gasteiger partial charge in [0.15, 0.2) is 0 Å². The largest absolute Gasteiger partial charge is 0.391 e. The Kier molecular flexibility index (Phi) is 3.41. The zero-order valence-corrected chi connectivity index (χ0v) is 12.5. The predicted molar refractivity (Wildman–Crippen MR) is 79.3 cm³/mol. The highest BCUT2D eigenvalue weighted by Gasteiger charge is 2.38. The fraction of sp³-hybridized carbons (Fsp3) is 0.412. The maximum atomic E-state index is 13.1. The minimum Gasteiger partial charge on any atom is -0.391 e. The van der Waals surface area contributed by atoms with E-state index in [9.17, 15) is 14.3 Å². The molecule has 2 heterocycles. The van der Waals surface area contributed by atoms with E-state index in [1.54, 1.807) is 23.1 Å². The number of hydrogen-bond donors (Lipinski definition) is 1.